The molecule has 1 nitrogen and oxygen atoms in total. The number of rotatable bonds is 2. The van der Waals surface area contributed by atoms with E-state index >= 15 is 0 Å². The zero-order valence-electron chi connectivity index (χ0n) is 9.53. The second-order valence-electron chi connectivity index (χ2n) is 4.52. The second-order valence-corrected chi connectivity index (χ2v) is 5.68. The Hall–Kier alpha value is -0.860. The summed E-state index contributed by atoms with van der Waals surface area (Å²) in [4.78, 5) is 4.61. The van der Waals surface area contributed by atoms with E-state index in [0.717, 1.165) is 12.1 Å². The summed E-state index contributed by atoms with van der Waals surface area (Å²) in [5, 5.41) is 3.35. The highest BCUT2D eigenvalue weighted by Crippen LogP contribution is 2.34. The lowest BCUT2D eigenvalue weighted by atomic mass is 9.84. The summed E-state index contributed by atoms with van der Waals surface area (Å²) < 4.78 is 0. The van der Waals surface area contributed by atoms with E-state index in [2.05, 4.69) is 34.6 Å². The standard InChI is InChI=1S/C14H14ClNS/c15-8-13-9-17-14(16-13)12-6-5-10-3-1-2-4-11(10)7-12/h1-4,9,12H,5-8H2. The third kappa shape index (κ3) is 2.24. The van der Waals surface area contributed by atoms with Gasteiger partial charge in [0.05, 0.1) is 16.6 Å². The fourth-order valence-corrected chi connectivity index (χ4v) is 3.66. The normalized spacial score (nSPS) is 19.0. The van der Waals surface area contributed by atoms with Crippen molar-refractivity contribution in [3.05, 3.63) is 51.5 Å². The highest BCUT2D eigenvalue weighted by molar-refractivity contribution is 7.09. The second kappa shape index (κ2) is 4.79. The van der Waals surface area contributed by atoms with Crippen molar-refractivity contribution in [2.24, 2.45) is 0 Å². The molecule has 1 aliphatic carbocycles. The van der Waals surface area contributed by atoms with Crippen LogP contribution in [0, 0.1) is 0 Å². The number of fused-ring (bicyclic) bond motifs is 1. The van der Waals surface area contributed by atoms with Crippen LogP contribution in [-0.2, 0) is 18.7 Å². The Balaban J connectivity index is 1.84. The number of halogens is 1. The third-order valence-corrected chi connectivity index (χ3v) is 4.73. The van der Waals surface area contributed by atoms with Gasteiger partial charge in [0.25, 0.3) is 0 Å². The van der Waals surface area contributed by atoms with Crippen molar-refractivity contribution < 1.29 is 0 Å². The molecule has 3 rings (SSSR count). The van der Waals surface area contributed by atoms with E-state index in [-0.39, 0.29) is 0 Å². The number of hydrogen-bond acceptors (Lipinski definition) is 2. The number of alkyl halides is 1. The number of aryl methyl sites for hydroxylation is 1. The lowest BCUT2D eigenvalue weighted by Crippen LogP contribution is -2.12. The molecule has 17 heavy (non-hydrogen) atoms. The van der Waals surface area contributed by atoms with Crippen LogP contribution in [0.2, 0.25) is 0 Å². The number of nitrogens with zero attached hydrogens (tertiary/aromatic N) is 1. The van der Waals surface area contributed by atoms with Gasteiger partial charge in [-0.15, -0.1) is 22.9 Å². The zero-order valence-corrected chi connectivity index (χ0v) is 11.1. The van der Waals surface area contributed by atoms with Crippen LogP contribution >= 0.6 is 22.9 Å². The van der Waals surface area contributed by atoms with Crippen molar-refractivity contribution in [3.63, 3.8) is 0 Å². The van der Waals surface area contributed by atoms with Crippen molar-refractivity contribution in [3.8, 4) is 0 Å². The highest BCUT2D eigenvalue weighted by atomic mass is 35.5. The van der Waals surface area contributed by atoms with Crippen LogP contribution in [0.4, 0.5) is 0 Å². The van der Waals surface area contributed by atoms with Crippen LogP contribution in [0.15, 0.2) is 29.6 Å². The Bertz CT molecular complexity index is 520. The summed E-state index contributed by atoms with van der Waals surface area (Å²) >= 11 is 7.56. The number of aromatic nitrogens is 1. The summed E-state index contributed by atoms with van der Waals surface area (Å²) in [6, 6.07) is 8.76. The Kier molecular flexibility index (Phi) is 3.17. The molecule has 0 bridgehead atoms. The zero-order chi connectivity index (χ0) is 11.7. The van der Waals surface area contributed by atoms with E-state index in [1.165, 1.54) is 29.0 Å². The number of thiazole rings is 1. The lowest BCUT2D eigenvalue weighted by molar-refractivity contribution is 0.581. The smallest absolute Gasteiger partial charge is 0.0963 e. The van der Waals surface area contributed by atoms with Crippen LogP contribution in [0.5, 0.6) is 0 Å². The molecule has 0 fully saturated rings. The molecule has 0 saturated carbocycles. The average Bonchev–Trinajstić information content (AvgIpc) is 2.87. The predicted octanol–water partition coefficient (Wildman–Crippen LogP) is 4.15. The maximum absolute atomic E-state index is 5.80. The summed E-state index contributed by atoms with van der Waals surface area (Å²) in [7, 11) is 0. The van der Waals surface area contributed by atoms with Gasteiger partial charge in [0, 0.05) is 11.3 Å². The molecule has 2 aromatic rings. The Labute approximate surface area is 110 Å². The SMILES string of the molecule is ClCc1csc(C2CCc3ccccc3C2)n1. The molecular weight excluding hydrogens is 250 g/mol. The molecular formula is C14H14ClNS. The molecule has 1 atom stereocenters. The molecule has 0 spiro atoms. The molecule has 0 radical (unpaired) electrons. The van der Waals surface area contributed by atoms with E-state index in [0.29, 0.717) is 11.8 Å². The van der Waals surface area contributed by atoms with E-state index < -0.39 is 0 Å². The van der Waals surface area contributed by atoms with E-state index in [1.54, 1.807) is 11.3 Å². The molecule has 1 aromatic heterocycles. The summed E-state index contributed by atoms with van der Waals surface area (Å²) in [5.41, 5.74) is 4.02. The van der Waals surface area contributed by atoms with Gasteiger partial charge in [0.1, 0.15) is 0 Å². The maximum atomic E-state index is 5.80. The summed E-state index contributed by atoms with van der Waals surface area (Å²) in [6.45, 7) is 0. The number of benzene rings is 1. The first-order chi connectivity index (χ1) is 8.36. The van der Waals surface area contributed by atoms with Crippen LogP contribution < -0.4 is 0 Å². The highest BCUT2D eigenvalue weighted by Gasteiger charge is 2.22. The van der Waals surface area contributed by atoms with Gasteiger partial charge in [-0.1, -0.05) is 24.3 Å². The summed E-state index contributed by atoms with van der Waals surface area (Å²) in [6.07, 6.45) is 3.52. The van der Waals surface area contributed by atoms with E-state index in [9.17, 15) is 0 Å². The van der Waals surface area contributed by atoms with Crippen LogP contribution in [0.1, 0.15) is 34.2 Å². The molecule has 1 heterocycles. The summed E-state index contributed by atoms with van der Waals surface area (Å²) in [5.74, 6) is 1.12. The minimum Gasteiger partial charge on any atom is -0.245 e. The van der Waals surface area contributed by atoms with Crippen LogP contribution in [0.25, 0.3) is 0 Å². The van der Waals surface area contributed by atoms with Gasteiger partial charge in [0.2, 0.25) is 0 Å². The van der Waals surface area contributed by atoms with Crippen molar-refractivity contribution in [1.82, 2.24) is 4.98 Å². The van der Waals surface area contributed by atoms with Gasteiger partial charge in [-0.05, 0) is 30.4 Å². The first-order valence-electron chi connectivity index (χ1n) is 5.94. The van der Waals surface area contributed by atoms with Gasteiger partial charge < -0.3 is 0 Å². The first kappa shape index (κ1) is 11.2. The first-order valence-corrected chi connectivity index (χ1v) is 7.35. The van der Waals surface area contributed by atoms with Gasteiger partial charge in [-0.3, -0.25) is 0 Å². The van der Waals surface area contributed by atoms with E-state index in [4.69, 9.17) is 11.6 Å². The van der Waals surface area contributed by atoms with Crippen molar-refractivity contribution in [2.45, 2.75) is 31.1 Å². The average molecular weight is 264 g/mol. The van der Waals surface area contributed by atoms with Gasteiger partial charge in [-0.2, -0.15) is 0 Å². The minimum absolute atomic E-state index is 0.528. The monoisotopic (exact) mass is 263 g/mol. The van der Waals surface area contributed by atoms with Crippen molar-refractivity contribution >= 4 is 22.9 Å². The third-order valence-electron chi connectivity index (χ3n) is 3.40. The molecule has 0 N–H and O–H groups in total. The number of hydrogen-bond donors (Lipinski definition) is 0. The van der Waals surface area contributed by atoms with E-state index in [1.807, 2.05) is 0 Å². The molecule has 0 aliphatic heterocycles. The minimum atomic E-state index is 0.528. The van der Waals surface area contributed by atoms with Gasteiger partial charge in [-0.25, -0.2) is 4.98 Å². The Morgan fingerprint density at radius 1 is 1.29 bits per heavy atom. The lowest BCUT2D eigenvalue weighted by Gasteiger charge is -2.22. The molecule has 88 valence electrons. The van der Waals surface area contributed by atoms with Gasteiger partial charge >= 0.3 is 0 Å². The Morgan fingerprint density at radius 3 is 2.88 bits per heavy atom. The molecule has 1 unspecified atom stereocenters. The Morgan fingerprint density at radius 2 is 2.12 bits per heavy atom. The predicted molar refractivity (Wildman–Crippen MR) is 72.9 cm³/mol. The molecule has 0 saturated heterocycles. The van der Waals surface area contributed by atoms with Crippen molar-refractivity contribution in [2.75, 3.05) is 0 Å². The molecule has 3 heteroatoms. The van der Waals surface area contributed by atoms with Crippen LogP contribution in [-0.4, -0.2) is 4.98 Å². The quantitative estimate of drug-likeness (QED) is 0.742. The van der Waals surface area contributed by atoms with Crippen molar-refractivity contribution in [1.29, 1.82) is 0 Å². The fraction of sp³-hybridized carbons (Fsp3) is 0.357. The largest absolute Gasteiger partial charge is 0.245 e. The molecule has 1 aliphatic rings. The molecule has 0 amide bonds. The molecule has 1 aromatic carbocycles. The van der Waals surface area contributed by atoms with Gasteiger partial charge in [0.15, 0.2) is 0 Å². The van der Waals surface area contributed by atoms with Crippen LogP contribution in [0.3, 0.4) is 0 Å². The topological polar surface area (TPSA) is 12.9 Å². The fourth-order valence-electron chi connectivity index (χ4n) is 2.48. The maximum Gasteiger partial charge on any atom is 0.0963 e.